The first-order valence-corrected chi connectivity index (χ1v) is 9.51. The van der Waals surface area contributed by atoms with E-state index in [2.05, 4.69) is 5.32 Å². The number of hydrogen-bond donors (Lipinski definition) is 1. The van der Waals surface area contributed by atoms with Gasteiger partial charge in [0.05, 0.1) is 5.25 Å². The van der Waals surface area contributed by atoms with Gasteiger partial charge in [0.1, 0.15) is 11.6 Å². The van der Waals surface area contributed by atoms with Crippen molar-refractivity contribution in [3.05, 3.63) is 30.1 Å². The van der Waals surface area contributed by atoms with Crippen LogP contribution in [-0.2, 0) is 14.6 Å². The van der Waals surface area contributed by atoms with Gasteiger partial charge >= 0.3 is 0 Å². The van der Waals surface area contributed by atoms with E-state index in [-0.39, 0.29) is 11.9 Å². The van der Waals surface area contributed by atoms with Crippen LogP contribution in [0.5, 0.6) is 0 Å². The standard InChI is InChI=1S/C16H23FN2O3S/c1-12(2)23(21,22)11-16(20)18-14-6-4-8-19(10-14)15-7-3-5-13(17)9-15/h3,5,7,9,12,14H,4,6,8,10-11H2,1-2H3,(H,18,20). The molecule has 5 nitrogen and oxygen atoms in total. The largest absolute Gasteiger partial charge is 0.369 e. The van der Waals surface area contributed by atoms with E-state index < -0.39 is 26.7 Å². The summed E-state index contributed by atoms with van der Waals surface area (Å²) in [5.41, 5.74) is 0.777. The fourth-order valence-corrected chi connectivity index (χ4v) is 3.40. The molecular formula is C16H23FN2O3S. The number of rotatable bonds is 5. The summed E-state index contributed by atoms with van der Waals surface area (Å²) in [6.07, 6.45) is 1.65. The molecule has 1 fully saturated rings. The van der Waals surface area contributed by atoms with E-state index >= 15 is 0 Å². The van der Waals surface area contributed by atoms with E-state index in [0.29, 0.717) is 6.54 Å². The lowest BCUT2D eigenvalue weighted by Gasteiger charge is -2.34. The van der Waals surface area contributed by atoms with Gasteiger partial charge in [0.25, 0.3) is 0 Å². The molecule has 128 valence electrons. The molecule has 1 aromatic carbocycles. The quantitative estimate of drug-likeness (QED) is 0.885. The number of hydrogen-bond acceptors (Lipinski definition) is 4. The Kier molecular flexibility index (Phi) is 5.62. The average molecular weight is 342 g/mol. The van der Waals surface area contributed by atoms with Gasteiger partial charge in [-0.05, 0) is 44.9 Å². The highest BCUT2D eigenvalue weighted by molar-refractivity contribution is 7.92. The fraction of sp³-hybridized carbons (Fsp3) is 0.562. The molecular weight excluding hydrogens is 319 g/mol. The number of nitrogens with zero attached hydrogens (tertiary/aromatic N) is 1. The van der Waals surface area contributed by atoms with E-state index in [0.717, 1.165) is 25.1 Å². The molecule has 2 rings (SSSR count). The predicted molar refractivity (Wildman–Crippen MR) is 88.7 cm³/mol. The van der Waals surface area contributed by atoms with Crippen LogP contribution < -0.4 is 10.2 Å². The Morgan fingerprint density at radius 2 is 2.17 bits per heavy atom. The third kappa shape index (κ3) is 4.92. The molecule has 1 N–H and O–H groups in total. The molecule has 1 aliphatic rings. The first-order valence-electron chi connectivity index (χ1n) is 7.79. The molecule has 0 saturated carbocycles. The maximum absolute atomic E-state index is 13.3. The van der Waals surface area contributed by atoms with Gasteiger partial charge in [0.15, 0.2) is 9.84 Å². The molecule has 0 bridgehead atoms. The van der Waals surface area contributed by atoms with Crippen molar-refractivity contribution >= 4 is 21.4 Å². The predicted octanol–water partition coefficient (Wildman–Crippen LogP) is 1.73. The monoisotopic (exact) mass is 342 g/mol. The highest BCUT2D eigenvalue weighted by Crippen LogP contribution is 2.20. The number of benzene rings is 1. The Morgan fingerprint density at radius 1 is 1.43 bits per heavy atom. The third-order valence-corrected chi connectivity index (χ3v) is 6.11. The van der Waals surface area contributed by atoms with Gasteiger partial charge < -0.3 is 10.2 Å². The highest BCUT2D eigenvalue weighted by atomic mass is 32.2. The van der Waals surface area contributed by atoms with Crippen molar-refractivity contribution in [2.45, 2.75) is 38.0 Å². The number of carbonyl (C=O) groups excluding carboxylic acids is 1. The molecule has 0 radical (unpaired) electrons. The van der Waals surface area contributed by atoms with Gasteiger partial charge in [-0.2, -0.15) is 0 Å². The second-order valence-corrected chi connectivity index (χ2v) is 8.75. The first kappa shape index (κ1) is 17.7. The summed E-state index contributed by atoms with van der Waals surface area (Å²) >= 11 is 0. The van der Waals surface area contributed by atoms with Crippen LogP contribution in [0.3, 0.4) is 0 Å². The Bertz CT molecular complexity index is 661. The van der Waals surface area contributed by atoms with E-state index in [9.17, 15) is 17.6 Å². The Morgan fingerprint density at radius 3 is 2.83 bits per heavy atom. The van der Waals surface area contributed by atoms with E-state index in [1.807, 2.05) is 11.0 Å². The molecule has 0 aliphatic carbocycles. The van der Waals surface area contributed by atoms with Gasteiger partial charge in [0, 0.05) is 24.8 Å². The van der Waals surface area contributed by atoms with Crippen LogP contribution in [0.1, 0.15) is 26.7 Å². The van der Waals surface area contributed by atoms with Crippen molar-refractivity contribution in [3.8, 4) is 0 Å². The van der Waals surface area contributed by atoms with Gasteiger partial charge in [-0.1, -0.05) is 6.07 Å². The molecule has 23 heavy (non-hydrogen) atoms. The molecule has 1 atom stereocenters. The van der Waals surface area contributed by atoms with Crippen molar-refractivity contribution in [1.29, 1.82) is 0 Å². The van der Waals surface area contributed by atoms with Crippen LogP contribution in [0.25, 0.3) is 0 Å². The lowest BCUT2D eigenvalue weighted by Crippen LogP contribution is -2.49. The van der Waals surface area contributed by atoms with Crippen molar-refractivity contribution < 1.29 is 17.6 Å². The Labute approximate surface area is 136 Å². The zero-order valence-electron chi connectivity index (χ0n) is 13.5. The van der Waals surface area contributed by atoms with Gasteiger partial charge in [-0.25, -0.2) is 12.8 Å². The third-order valence-electron chi connectivity index (χ3n) is 4.01. The summed E-state index contributed by atoms with van der Waals surface area (Å²) in [6, 6.07) is 6.22. The summed E-state index contributed by atoms with van der Waals surface area (Å²) in [5.74, 6) is -1.25. The van der Waals surface area contributed by atoms with E-state index in [1.165, 1.54) is 12.1 Å². The van der Waals surface area contributed by atoms with Crippen LogP contribution in [0, 0.1) is 5.82 Å². The van der Waals surface area contributed by atoms with Crippen LogP contribution in [0.2, 0.25) is 0 Å². The number of nitrogens with one attached hydrogen (secondary N) is 1. The van der Waals surface area contributed by atoms with Gasteiger partial charge in [-0.15, -0.1) is 0 Å². The summed E-state index contributed by atoms with van der Waals surface area (Å²) in [6.45, 7) is 4.47. The van der Waals surface area contributed by atoms with E-state index in [1.54, 1.807) is 19.9 Å². The molecule has 1 aliphatic heterocycles. The van der Waals surface area contributed by atoms with Crippen LogP contribution in [0.4, 0.5) is 10.1 Å². The molecule has 0 aromatic heterocycles. The minimum atomic E-state index is -3.39. The smallest absolute Gasteiger partial charge is 0.235 e. The van der Waals surface area contributed by atoms with E-state index in [4.69, 9.17) is 0 Å². The molecule has 1 heterocycles. The summed E-state index contributed by atoms with van der Waals surface area (Å²) in [7, 11) is -3.39. The second-order valence-electron chi connectivity index (χ2n) is 6.19. The minimum absolute atomic E-state index is 0.123. The number of anilines is 1. The van der Waals surface area contributed by atoms with Gasteiger partial charge in [0.2, 0.25) is 5.91 Å². The second kappa shape index (κ2) is 7.29. The minimum Gasteiger partial charge on any atom is -0.369 e. The molecule has 7 heteroatoms. The highest BCUT2D eigenvalue weighted by Gasteiger charge is 2.25. The number of halogens is 1. The van der Waals surface area contributed by atoms with Crippen molar-refractivity contribution in [2.24, 2.45) is 0 Å². The zero-order valence-corrected chi connectivity index (χ0v) is 14.3. The molecule has 0 spiro atoms. The van der Waals surface area contributed by atoms with Crippen LogP contribution in [0.15, 0.2) is 24.3 Å². The number of carbonyl (C=O) groups is 1. The zero-order chi connectivity index (χ0) is 17.0. The van der Waals surface area contributed by atoms with Crippen molar-refractivity contribution in [3.63, 3.8) is 0 Å². The summed E-state index contributed by atoms with van der Waals surface area (Å²) in [4.78, 5) is 14.0. The van der Waals surface area contributed by atoms with Crippen molar-refractivity contribution in [2.75, 3.05) is 23.7 Å². The maximum Gasteiger partial charge on any atom is 0.235 e. The fourth-order valence-electron chi connectivity index (χ4n) is 2.62. The van der Waals surface area contributed by atoms with Crippen LogP contribution in [-0.4, -0.2) is 44.5 Å². The molecule has 1 unspecified atom stereocenters. The number of piperidine rings is 1. The topological polar surface area (TPSA) is 66.5 Å². The SMILES string of the molecule is CC(C)S(=O)(=O)CC(=O)NC1CCCN(c2cccc(F)c2)C1. The maximum atomic E-state index is 13.3. The lowest BCUT2D eigenvalue weighted by molar-refractivity contribution is -0.119. The van der Waals surface area contributed by atoms with Gasteiger partial charge in [-0.3, -0.25) is 4.79 Å². The van der Waals surface area contributed by atoms with Crippen LogP contribution >= 0.6 is 0 Å². The molecule has 1 amide bonds. The Balaban J connectivity index is 1.95. The summed E-state index contributed by atoms with van der Waals surface area (Å²) in [5, 5.41) is 2.22. The first-order chi connectivity index (χ1) is 10.8. The molecule has 1 saturated heterocycles. The Hall–Kier alpha value is -1.63. The van der Waals surface area contributed by atoms with Crippen molar-refractivity contribution in [1.82, 2.24) is 5.32 Å². The summed E-state index contributed by atoms with van der Waals surface area (Å²) < 4.78 is 36.9. The average Bonchev–Trinajstić information content (AvgIpc) is 2.46. The molecule has 1 aromatic rings. The lowest BCUT2D eigenvalue weighted by atomic mass is 10.0. The number of amides is 1. The normalized spacial score (nSPS) is 19.0. The number of sulfone groups is 1.